The second-order valence-corrected chi connectivity index (χ2v) is 4.76. The minimum Gasteiger partial charge on any atom is -0.492 e. The first-order valence-electron chi connectivity index (χ1n) is 7.14. The summed E-state index contributed by atoms with van der Waals surface area (Å²) in [6.45, 7) is 2.45. The SMILES string of the molecule is CCOc1ccccc1NC(=O)Nc1c[nH]c2ccccc12. The molecule has 0 aliphatic heterocycles. The number of hydrogen-bond donors (Lipinski definition) is 3. The zero-order chi connectivity index (χ0) is 15.4. The van der Waals surface area contributed by atoms with E-state index in [1.165, 1.54) is 0 Å². The molecule has 2 amide bonds. The van der Waals surface area contributed by atoms with Crippen LogP contribution in [0.15, 0.2) is 54.7 Å². The molecule has 0 saturated carbocycles. The monoisotopic (exact) mass is 295 g/mol. The molecule has 0 saturated heterocycles. The Kier molecular flexibility index (Phi) is 3.96. The van der Waals surface area contributed by atoms with E-state index in [1.54, 1.807) is 12.3 Å². The lowest BCUT2D eigenvalue weighted by Crippen LogP contribution is -2.19. The molecule has 3 rings (SSSR count). The molecule has 5 nitrogen and oxygen atoms in total. The van der Waals surface area contributed by atoms with Crippen molar-refractivity contribution < 1.29 is 9.53 Å². The Morgan fingerprint density at radius 3 is 2.64 bits per heavy atom. The zero-order valence-corrected chi connectivity index (χ0v) is 12.2. The van der Waals surface area contributed by atoms with E-state index < -0.39 is 0 Å². The second-order valence-electron chi connectivity index (χ2n) is 4.76. The lowest BCUT2D eigenvalue weighted by Gasteiger charge is -2.11. The quantitative estimate of drug-likeness (QED) is 0.675. The van der Waals surface area contributed by atoms with Gasteiger partial charge >= 0.3 is 6.03 Å². The Bertz CT molecular complexity index is 795. The Hall–Kier alpha value is -2.95. The number of anilines is 2. The highest BCUT2D eigenvalue weighted by molar-refractivity contribution is 6.06. The van der Waals surface area contributed by atoms with Crippen LogP contribution in [0.2, 0.25) is 0 Å². The number of urea groups is 1. The van der Waals surface area contributed by atoms with Crippen molar-refractivity contribution in [3.63, 3.8) is 0 Å². The molecule has 1 aromatic heterocycles. The first-order valence-corrected chi connectivity index (χ1v) is 7.14. The molecule has 0 spiro atoms. The smallest absolute Gasteiger partial charge is 0.323 e. The predicted octanol–water partition coefficient (Wildman–Crippen LogP) is 4.21. The maximum atomic E-state index is 12.2. The van der Waals surface area contributed by atoms with Crippen LogP contribution in [0.25, 0.3) is 10.9 Å². The van der Waals surface area contributed by atoms with Crippen LogP contribution < -0.4 is 15.4 Å². The number of nitrogens with one attached hydrogen (secondary N) is 3. The van der Waals surface area contributed by atoms with Gasteiger partial charge in [0.15, 0.2) is 0 Å². The van der Waals surface area contributed by atoms with Gasteiger partial charge in [0, 0.05) is 17.1 Å². The Morgan fingerprint density at radius 2 is 1.77 bits per heavy atom. The molecular formula is C17H17N3O2. The molecule has 0 unspecified atom stereocenters. The highest BCUT2D eigenvalue weighted by Crippen LogP contribution is 2.25. The number of aromatic nitrogens is 1. The summed E-state index contributed by atoms with van der Waals surface area (Å²) in [4.78, 5) is 15.3. The molecular weight excluding hydrogens is 278 g/mol. The van der Waals surface area contributed by atoms with Gasteiger partial charge in [-0.3, -0.25) is 0 Å². The number of benzene rings is 2. The predicted molar refractivity (Wildman–Crippen MR) is 88.6 cm³/mol. The van der Waals surface area contributed by atoms with Crippen molar-refractivity contribution in [1.29, 1.82) is 0 Å². The minimum absolute atomic E-state index is 0.308. The van der Waals surface area contributed by atoms with Crippen molar-refractivity contribution in [1.82, 2.24) is 4.98 Å². The van der Waals surface area contributed by atoms with Crippen molar-refractivity contribution in [3.05, 3.63) is 54.7 Å². The van der Waals surface area contributed by atoms with Crippen LogP contribution in [0.1, 0.15) is 6.92 Å². The third-order valence-corrected chi connectivity index (χ3v) is 3.27. The van der Waals surface area contributed by atoms with E-state index in [0.717, 1.165) is 16.6 Å². The largest absolute Gasteiger partial charge is 0.492 e. The molecule has 3 aromatic rings. The highest BCUT2D eigenvalue weighted by Gasteiger charge is 2.09. The fourth-order valence-corrected chi connectivity index (χ4v) is 2.30. The molecule has 0 bridgehead atoms. The highest BCUT2D eigenvalue weighted by atomic mass is 16.5. The number of H-pyrrole nitrogens is 1. The fourth-order valence-electron chi connectivity index (χ4n) is 2.30. The van der Waals surface area contributed by atoms with Gasteiger partial charge in [0.25, 0.3) is 0 Å². The third kappa shape index (κ3) is 2.88. The number of carbonyl (C=O) groups is 1. The third-order valence-electron chi connectivity index (χ3n) is 3.27. The number of hydrogen-bond acceptors (Lipinski definition) is 2. The van der Waals surface area contributed by atoms with Crippen LogP contribution in [-0.2, 0) is 0 Å². The van der Waals surface area contributed by atoms with E-state index in [4.69, 9.17) is 4.74 Å². The molecule has 3 N–H and O–H groups in total. The lowest BCUT2D eigenvalue weighted by molar-refractivity contribution is 0.262. The van der Waals surface area contributed by atoms with Crippen LogP contribution in [-0.4, -0.2) is 17.6 Å². The average Bonchev–Trinajstić information content (AvgIpc) is 2.93. The van der Waals surface area contributed by atoms with Crippen molar-refractivity contribution in [2.45, 2.75) is 6.92 Å². The molecule has 2 aromatic carbocycles. The fraction of sp³-hybridized carbons (Fsp3) is 0.118. The summed E-state index contributed by atoms with van der Waals surface area (Å²) in [5.74, 6) is 0.652. The van der Waals surface area contributed by atoms with Gasteiger partial charge in [-0.25, -0.2) is 4.79 Å². The van der Waals surface area contributed by atoms with E-state index in [0.29, 0.717) is 18.0 Å². The van der Waals surface area contributed by atoms with Crippen molar-refractivity contribution in [2.24, 2.45) is 0 Å². The number of rotatable bonds is 4. The molecule has 22 heavy (non-hydrogen) atoms. The van der Waals surface area contributed by atoms with Gasteiger partial charge in [0.05, 0.1) is 18.0 Å². The van der Waals surface area contributed by atoms with Gasteiger partial charge in [0.2, 0.25) is 0 Å². The van der Waals surface area contributed by atoms with E-state index in [1.807, 2.05) is 49.4 Å². The summed E-state index contributed by atoms with van der Waals surface area (Å²) >= 11 is 0. The van der Waals surface area contributed by atoms with Crippen molar-refractivity contribution in [2.75, 3.05) is 17.2 Å². The van der Waals surface area contributed by atoms with Gasteiger partial charge in [-0.2, -0.15) is 0 Å². The van der Waals surface area contributed by atoms with Gasteiger partial charge in [0.1, 0.15) is 5.75 Å². The number of para-hydroxylation sites is 3. The standard InChI is InChI=1S/C17H17N3O2/c1-2-22-16-10-6-5-9-14(16)19-17(21)20-15-11-18-13-8-4-3-7-12(13)15/h3-11,18H,2H2,1H3,(H2,19,20,21). The summed E-state index contributed by atoms with van der Waals surface area (Å²) < 4.78 is 5.49. The molecule has 0 aliphatic rings. The van der Waals surface area contributed by atoms with Crippen LogP contribution in [0, 0.1) is 0 Å². The van der Waals surface area contributed by atoms with Gasteiger partial charge < -0.3 is 20.4 Å². The van der Waals surface area contributed by atoms with Crippen LogP contribution in [0.4, 0.5) is 16.2 Å². The average molecular weight is 295 g/mol. The molecule has 112 valence electrons. The maximum Gasteiger partial charge on any atom is 0.323 e. The van der Waals surface area contributed by atoms with E-state index in [2.05, 4.69) is 15.6 Å². The van der Waals surface area contributed by atoms with Crippen molar-refractivity contribution in [3.8, 4) is 5.75 Å². The summed E-state index contributed by atoms with van der Waals surface area (Å²) in [5, 5.41) is 6.62. The van der Waals surface area contributed by atoms with Crippen LogP contribution in [0.5, 0.6) is 5.75 Å². The summed E-state index contributed by atoms with van der Waals surface area (Å²) in [7, 11) is 0. The minimum atomic E-state index is -0.308. The number of fused-ring (bicyclic) bond motifs is 1. The summed E-state index contributed by atoms with van der Waals surface area (Å²) in [6.07, 6.45) is 1.78. The molecule has 0 radical (unpaired) electrons. The molecule has 5 heteroatoms. The number of aromatic amines is 1. The molecule has 0 fully saturated rings. The topological polar surface area (TPSA) is 66.2 Å². The first-order chi connectivity index (χ1) is 10.8. The maximum absolute atomic E-state index is 12.2. The van der Waals surface area contributed by atoms with E-state index >= 15 is 0 Å². The van der Waals surface area contributed by atoms with E-state index in [9.17, 15) is 4.79 Å². The van der Waals surface area contributed by atoms with Gasteiger partial charge in [-0.05, 0) is 25.1 Å². The van der Waals surface area contributed by atoms with Gasteiger partial charge in [-0.15, -0.1) is 0 Å². The molecule has 0 aliphatic carbocycles. The molecule has 1 heterocycles. The zero-order valence-electron chi connectivity index (χ0n) is 12.2. The number of amides is 2. The Labute approximate surface area is 128 Å². The van der Waals surface area contributed by atoms with Crippen molar-refractivity contribution >= 4 is 28.3 Å². The Morgan fingerprint density at radius 1 is 1.05 bits per heavy atom. The summed E-state index contributed by atoms with van der Waals surface area (Å²) in [6, 6.07) is 14.8. The van der Waals surface area contributed by atoms with Crippen LogP contribution in [0.3, 0.4) is 0 Å². The van der Waals surface area contributed by atoms with E-state index in [-0.39, 0.29) is 6.03 Å². The van der Waals surface area contributed by atoms with Crippen LogP contribution >= 0.6 is 0 Å². The van der Waals surface area contributed by atoms with Gasteiger partial charge in [-0.1, -0.05) is 30.3 Å². The normalized spacial score (nSPS) is 10.4. The summed E-state index contributed by atoms with van der Waals surface area (Å²) in [5.41, 5.74) is 2.36. The lowest BCUT2D eigenvalue weighted by atomic mass is 10.2. The first kappa shape index (κ1) is 14.0. The number of carbonyl (C=O) groups excluding carboxylic acids is 1. The number of ether oxygens (including phenoxy) is 1. The molecule has 0 atom stereocenters. The second kappa shape index (κ2) is 6.22. The Balaban J connectivity index is 1.75.